The molecule has 0 fully saturated rings. The van der Waals surface area contributed by atoms with Gasteiger partial charge >= 0.3 is 0 Å². The van der Waals surface area contributed by atoms with Crippen LogP contribution in [0.4, 0.5) is 0 Å². The van der Waals surface area contributed by atoms with Gasteiger partial charge in [0.25, 0.3) is 0 Å². The summed E-state index contributed by atoms with van der Waals surface area (Å²) in [4.78, 5) is 12.8. The number of para-hydroxylation sites is 1. The highest BCUT2D eigenvalue weighted by atomic mass is 16.3. The van der Waals surface area contributed by atoms with Crippen molar-refractivity contribution in [1.82, 2.24) is 9.97 Å². The van der Waals surface area contributed by atoms with Crippen LogP contribution in [0.3, 0.4) is 0 Å². The molecule has 4 heterocycles. The Bertz CT molecular complexity index is 2700. The van der Waals surface area contributed by atoms with E-state index in [2.05, 4.69) is 63.5 Å². The van der Waals surface area contributed by atoms with E-state index in [1.54, 1.807) is 13.3 Å². The van der Waals surface area contributed by atoms with Crippen molar-refractivity contribution in [3.63, 3.8) is 0 Å². The lowest BCUT2D eigenvalue weighted by atomic mass is 9.98. The fourth-order valence-corrected chi connectivity index (χ4v) is 6.19. The first-order valence-electron chi connectivity index (χ1n) is 14.1. The molecule has 9 rings (SSSR count). The average molecular weight is 569 g/mol. The summed E-state index contributed by atoms with van der Waals surface area (Å²) >= 11 is 0. The minimum Gasteiger partial charge on any atom is -0.456 e. The molecule has 4 aromatic heterocycles. The van der Waals surface area contributed by atoms with E-state index < -0.39 is 0 Å². The van der Waals surface area contributed by atoms with Crippen molar-refractivity contribution < 1.29 is 13.3 Å². The molecule has 0 aliphatic rings. The van der Waals surface area contributed by atoms with Gasteiger partial charge in [-0.15, -0.1) is 0 Å². The monoisotopic (exact) mass is 568 g/mol. The van der Waals surface area contributed by atoms with Crippen molar-refractivity contribution in [2.75, 3.05) is 7.05 Å². The second-order valence-electron chi connectivity index (χ2n) is 10.8. The van der Waals surface area contributed by atoms with Crippen molar-refractivity contribution in [2.45, 2.75) is 0 Å². The number of benzene rings is 5. The first kappa shape index (κ1) is 24.3. The van der Waals surface area contributed by atoms with Gasteiger partial charge in [0, 0.05) is 40.2 Å². The Morgan fingerprint density at radius 3 is 1.66 bits per heavy atom. The molecule has 5 aromatic carbocycles. The SMILES string of the molecule is C/N=C\c1nc(C#N)nc2oc3ccc(-c4ccc5oc6ccc(-c7ccc8oc9ccccc9c8c7)cc6c5c4)cc3c12. The van der Waals surface area contributed by atoms with E-state index >= 15 is 0 Å². The molecule has 0 aliphatic heterocycles. The predicted octanol–water partition coefficient (Wildman–Crippen LogP) is 9.43. The van der Waals surface area contributed by atoms with Gasteiger partial charge in [0.05, 0.1) is 11.1 Å². The zero-order chi connectivity index (χ0) is 29.4. The van der Waals surface area contributed by atoms with Gasteiger partial charge in [-0.3, -0.25) is 4.99 Å². The molecule has 0 atom stereocenters. The lowest BCUT2D eigenvalue weighted by Gasteiger charge is -2.04. The minimum atomic E-state index is 0.0429. The third-order valence-corrected chi connectivity index (χ3v) is 8.22. The normalized spacial score (nSPS) is 12.1. The molecule has 7 heteroatoms. The van der Waals surface area contributed by atoms with E-state index in [1.807, 2.05) is 54.6 Å². The Morgan fingerprint density at radius 1 is 0.591 bits per heavy atom. The van der Waals surface area contributed by atoms with Crippen LogP contribution in [0, 0.1) is 11.3 Å². The van der Waals surface area contributed by atoms with E-state index in [0.717, 1.165) is 76.9 Å². The molecule has 0 N–H and O–H groups in total. The summed E-state index contributed by atoms with van der Waals surface area (Å²) in [6.07, 6.45) is 1.63. The van der Waals surface area contributed by atoms with Crippen LogP contribution in [0.1, 0.15) is 11.5 Å². The number of nitrogens with zero attached hydrogens (tertiary/aromatic N) is 4. The maximum atomic E-state index is 9.38. The third kappa shape index (κ3) is 3.58. The summed E-state index contributed by atoms with van der Waals surface area (Å²) < 4.78 is 18.3. The predicted molar refractivity (Wildman–Crippen MR) is 173 cm³/mol. The number of hydrogen-bond acceptors (Lipinski definition) is 7. The number of aliphatic imine (C=N–C) groups is 1. The van der Waals surface area contributed by atoms with Gasteiger partial charge in [0.1, 0.15) is 34.0 Å². The summed E-state index contributed by atoms with van der Waals surface area (Å²) in [5.41, 5.74) is 9.27. The Morgan fingerprint density at radius 2 is 1.09 bits per heavy atom. The van der Waals surface area contributed by atoms with Crippen molar-refractivity contribution in [1.29, 1.82) is 5.26 Å². The van der Waals surface area contributed by atoms with Gasteiger partial charge in [0.2, 0.25) is 11.5 Å². The molecule has 44 heavy (non-hydrogen) atoms. The van der Waals surface area contributed by atoms with Crippen LogP contribution in [0.2, 0.25) is 0 Å². The fraction of sp³-hybridized carbons (Fsp3) is 0.0270. The summed E-state index contributed by atoms with van der Waals surface area (Å²) in [5.74, 6) is 0.0429. The fourth-order valence-electron chi connectivity index (χ4n) is 6.19. The van der Waals surface area contributed by atoms with Gasteiger partial charge in [-0.1, -0.05) is 42.5 Å². The van der Waals surface area contributed by atoms with Gasteiger partial charge in [-0.05, 0) is 76.9 Å². The molecule has 0 saturated heterocycles. The highest BCUT2D eigenvalue weighted by Gasteiger charge is 2.17. The average Bonchev–Trinajstić information content (AvgIpc) is 3.74. The molecule has 0 saturated carbocycles. The minimum absolute atomic E-state index is 0.0429. The van der Waals surface area contributed by atoms with E-state index in [4.69, 9.17) is 13.3 Å². The van der Waals surface area contributed by atoms with Crippen molar-refractivity contribution in [2.24, 2.45) is 4.99 Å². The highest BCUT2D eigenvalue weighted by molar-refractivity contribution is 6.13. The van der Waals surface area contributed by atoms with Gasteiger partial charge < -0.3 is 13.3 Å². The second-order valence-corrected chi connectivity index (χ2v) is 10.8. The van der Waals surface area contributed by atoms with Crippen LogP contribution in [0.15, 0.2) is 115 Å². The van der Waals surface area contributed by atoms with Crippen molar-refractivity contribution in [3.8, 4) is 28.3 Å². The molecule has 7 nitrogen and oxygen atoms in total. The first-order chi connectivity index (χ1) is 21.7. The quantitative estimate of drug-likeness (QED) is 0.197. The molecular weight excluding hydrogens is 548 g/mol. The van der Waals surface area contributed by atoms with Crippen LogP contribution < -0.4 is 0 Å². The van der Waals surface area contributed by atoms with E-state index in [9.17, 15) is 5.26 Å². The van der Waals surface area contributed by atoms with E-state index in [0.29, 0.717) is 17.0 Å². The molecule has 0 aliphatic carbocycles. The van der Waals surface area contributed by atoms with E-state index in [-0.39, 0.29) is 5.82 Å². The standard InChI is InChI=1S/C37H20N4O3/c1-39-19-29-36-28-17-23(9-13-34(28)44-37(36)41-35(18-38)40-29)22-8-12-33-27(16-22)26-15-21(7-11-32(26)43-33)20-6-10-31-25(14-20)24-4-2-3-5-30(24)42-31/h2-17,19H,1H3/b39-19-. The summed E-state index contributed by atoms with van der Waals surface area (Å²) in [5, 5.41) is 15.3. The number of furan rings is 3. The molecule has 9 aromatic rings. The lowest BCUT2D eigenvalue weighted by molar-refractivity contribution is 0.652. The zero-order valence-corrected chi connectivity index (χ0v) is 23.3. The largest absolute Gasteiger partial charge is 0.456 e. The molecule has 206 valence electrons. The Hall–Kier alpha value is -6.26. The Balaban J connectivity index is 1.19. The summed E-state index contributed by atoms with van der Waals surface area (Å²) in [6.45, 7) is 0. The second kappa shape index (κ2) is 9.12. The molecule has 0 amide bonds. The maximum absolute atomic E-state index is 9.38. The van der Waals surface area contributed by atoms with E-state index in [1.165, 1.54) is 0 Å². The van der Waals surface area contributed by atoms with Crippen molar-refractivity contribution >= 4 is 72.2 Å². The third-order valence-electron chi connectivity index (χ3n) is 8.22. The number of fused-ring (bicyclic) bond motifs is 9. The van der Waals surface area contributed by atoms with Gasteiger partial charge in [-0.25, -0.2) is 4.98 Å². The summed E-state index contributed by atoms with van der Waals surface area (Å²) in [6, 6.07) is 35.1. The van der Waals surface area contributed by atoms with Crippen LogP contribution in [0.5, 0.6) is 0 Å². The number of nitriles is 1. The molecule has 0 spiro atoms. The van der Waals surface area contributed by atoms with Gasteiger partial charge in [-0.2, -0.15) is 10.2 Å². The molecule has 0 radical (unpaired) electrons. The zero-order valence-electron chi connectivity index (χ0n) is 23.3. The Labute approximate surface area is 249 Å². The number of hydrogen-bond donors (Lipinski definition) is 0. The smallest absolute Gasteiger partial charge is 0.236 e. The maximum Gasteiger partial charge on any atom is 0.236 e. The highest BCUT2D eigenvalue weighted by Crippen LogP contribution is 2.38. The summed E-state index contributed by atoms with van der Waals surface area (Å²) in [7, 11) is 1.67. The van der Waals surface area contributed by atoms with Crippen molar-refractivity contribution in [3.05, 3.63) is 109 Å². The van der Waals surface area contributed by atoms with Crippen LogP contribution in [0.25, 0.3) is 88.2 Å². The Kier molecular flexibility index (Phi) is 5.05. The first-order valence-corrected chi connectivity index (χ1v) is 14.1. The number of rotatable bonds is 3. The van der Waals surface area contributed by atoms with Crippen LogP contribution >= 0.6 is 0 Å². The molecule has 0 unspecified atom stereocenters. The lowest BCUT2D eigenvalue weighted by Crippen LogP contribution is -1.96. The van der Waals surface area contributed by atoms with Crippen LogP contribution in [-0.4, -0.2) is 23.2 Å². The topological polar surface area (TPSA) is 101 Å². The van der Waals surface area contributed by atoms with Crippen LogP contribution in [-0.2, 0) is 0 Å². The molecule has 0 bridgehead atoms. The van der Waals surface area contributed by atoms with Gasteiger partial charge in [0.15, 0.2) is 0 Å². The molecular formula is C37H20N4O3. The number of aromatic nitrogens is 2.